The van der Waals surface area contributed by atoms with Gasteiger partial charge in [-0.05, 0) is 37.3 Å². The number of aromatic nitrogens is 1. The van der Waals surface area contributed by atoms with Gasteiger partial charge >= 0.3 is 5.97 Å². The van der Waals surface area contributed by atoms with Crippen molar-refractivity contribution in [2.45, 2.75) is 32.6 Å². The van der Waals surface area contributed by atoms with Gasteiger partial charge in [0.1, 0.15) is 0 Å². The Hall–Kier alpha value is -2.03. The second-order valence-corrected chi connectivity index (χ2v) is 5.59. The number of para-hydroxylation sites is 1. The normalized spacial score (nSPS) is 16.9. The predicted molar refractivity (Wildman–Crippen MR) is 80.6 cm³/mol. The Labute approximate surface area is 118 Å². The highest BCUT2D eigenvalue weighted by Crippen LogP contribution is 2.40. The Morgan fingerprint density at radius 3 is 2.70 bits per heavy atom. The smallest absolute Gasteiger partial charge is 0.328 e. The molecule has 1 aromatic carbocycles. The number of benzene rings is 1. The number of carboxylic acid groups (broad SMARTS) is 1. The first-order valence-corrected chi connectivity index (χ1v) is 7.19. The lowest BCUT2D eigenvalue weighted by molar-refractivity contribution is -0.131. The van der Waals surface area contributed by atoms with Gasteiger partial charge in [-0.15, -0.1) is 0 Å². The summed E-state index contributed by atoms with van der Waals surface area (Å²) in [7, 11) is 0. The molecule has 1 heterocycles. The molecule has 1 aliphatic carbocycles. The molecule has 0 amide bonds. The van der Waals surface area contributed by atoms with Gasteiger partial charge in [0.05, 0.1) is 0 Å². The third-order valence-electron chi connectivity index (χ3n) is 4.26. The van der Waals surface area contributed by atoms with Gasteiger partial charge in [0.25, 0.3) is 0 Å². The number of allylic oxidation sites excluding steroid dienone is 1. The SMILES string of the molecule is Cc1[nH]c2ccccc2c1/C(=C/C(=O)O)C1CCCC1. The molecule has 0 spiro atoms. The number of aryl methyl sites for hydroxylation is 1. The van der Waals surface area contributed by atoms with E-state index in [0.29, 0.717) is 5.92 Å². The van der Waals surface area contributed by atoms with Gasteiger partial charge in [0.15, 0.2) is 0 Å². The van der Waals surface area contributed by atoms with E-state index in [2.05, 4.69) is 11.1 Å². The molecule has 3 nitrogen and oxygen atoms in total. The van der Waals surface area contributed by atoms with Gasteiger partial charge in [-0.2, -0.15) is 0 Å². The number of aliphatic carboxylic acids is 1. The van der Waals surface area contributed by atoms with Crippen LogP contribution in [0.2, 0.25) is 0 Å². The van der Waals surface area contributed by atoms with Crippen LogP contribution in [0.3, 0.4) is 0 Å². The quantitative estimate of drug-likeness (QED) is 0.823. The molecular formula is C17H19NO2. The fourth-order valence-corrected chi connectivity index (χ4v) is 3.41. The summed E-state index contributed by atoms with van der Waals surface area (Å²) < 4.78 is 0. The molecule has 0 bridgehead atoms. The van der Waals surface area contributed by atoms with E-state index in [1.54, 1.807) is 0 Å². The molecule has 0 aliphatic heterocycles. The van der Waals surface area contributed by atoms with Crippen molar-refractivity contribution in [1.29, 1.82) is 0 Å². The van der Waals surface area contributed by atoms with Crippen molar-refractivity contribution in [3.63, 3.8) is 0 Å². The second-order valence-electron chi connectivity index (χ2n) is 5.59. The van der Waals surface area contributed by atoms with Crippen LogP contribution in [-0.4, -0.2) is 16.1 Å². The van der Waals surface area contributed by atoms with Crippen LogP contribution in [0.4, 0.5) is 0 Å². The Kier molecular flexibility index (Phi) is 3.35. The van der Waals surface area contributed by atoms with E-state index in [9.17, 15) is 9.90 Å². The Morgan fingerprint density at radius 1 is 1.30 bits per heavy atom. The average molecular weight is 269 g/mol. The number of rotatable bonds is 3. The lowest BCUT2D eigenvalue weighted by Crippen LogP contribution is -2.02. The number of aromatic amines is 1. The fraction of sp³-hybridized carbons (Fsp3) is 0.353. The molecule has 1 aliphatic rings. The topological polar surface area (TPSA) is 53.1 Å². The zero-order valence-electron chi connectivity index (χ0n) is 11.6. The Bertz CT molecular complexity index is 675. The predicted octanol–water partition coefficient (Wildman–Crippen LogP) is 4.13. The summed E-state index contributed by atoms with van der Waals surface area (Å²) in [5.74, 6) is -0.472. The first-order chi connectivity index (χ1) is 9.66. The summed E-state index contributed by atoms with van der Waals surface area (Å²) in [6.45, 7) is 2.03. The molecule has 1 saturated carbocycles. The lowest BCUT2D eigenvalue weighted by atomic mass is 9.89. The van der Waals surface area contributed by atoms with Crippen LogP contribution in [0.25, 0.3) is 16.5 Å². The summed E-state index contributed by atoms with van der Waals surface area (Å²) in [6, 6.07) is 8.11. The lowest BCUT2D eigenvalue weighted by Gasteiger charge is -2.15. The fourth-order valence-electron chi connectivity index (χ4n) is 3.41. The zero-order valence-corrected chi connectivity index (χ0v) is 11.6. The number of hydrogen-bond donors (Lipinski definition) is 2. The van der Waals surface area contributed by atoms with Gasteiger partial charge < -0.3 is 10.1 Å². The summed E-state index contributed by atoms with van der Waals surface area (Å²) in [6.07, 6.45) is 6.00. The van der Waals surface area contributed by atoms with Crippen LogP contribution in [0.15, 0.2) is 30.3 Å². The van der Waals surface area contributed by atoms with Gasteiger partial charge in [0, 0.05) is 28.2 Å². The number of H-pyrrole nitrogens is 1. The summed E-state index contributed by atoms with van der Waals surface area (Å²) >= 11 is 0. The maximum absolute atomic E-state index is 11.2. The molecule has 2 N–H and O–H groups in total. The highest BCUT2D eigenvalue weighted by molar-refractivity contribution is 5.99. The van der Waals surface area contributed by atoms with E-state index in [1.807, 2.05) is 25.1 Å². The molecule has 104 valence electrons. The van der Waals surface area contributed by atoms with Crippen LogP contribution in [-0.2, 0) is 4.79 Å². The van der Waals surface area contributed by atoms with Crippen LogP contribution in [0.1, 0.15) is 36.9 Å². The summed E-state index contributed by atoms with van der Waals surface area (Å²) in [5.41, 5.74) is 4.22. The van der Waals surface area contributed by atoms with E-state index < -0.39 is 5.97 Å². The van der Waals surface area contributed by atoms with Gasteiger partial charge in [-0.3, -0.25) is 0 Å². The number of carbonyl (C=O) groups is 1. The maximum atomic E-state index is 11.2. The molecule has 20 heavy (non-hydrogen) atoms. The van der Waals surface area contributed by atoms with Crippen molar-refractivity contribution < 1.29 is 9.90 Å². The average Bonchev–Trinajstić information content (AvgIpc) is 3.02. The maximum Gasteiger partial charge on any atom is 0.328 e. The minimum absolute atomic E-state index is 0.379. The molecule has 0 saturated heterocycles. The van der Waals surface area contributed by atoms with E-state index in [0.717, 1.165) is 40.6 Å². The van der Waals surface area contributed by atoms with Crippen molar-refractivity contribution in [2.75, 3.05) is 0 Å². The Morgan fingerprint density at radius 2 is 2.00 bits per heavy atom. The highest BCUT2D eigenvalue weighted by atomic mass is 16.4. The number of fused-ring (bicyclic) bond motifs is 1. The molecule has 3 rings (SSSR count). The first-order valence-electron chi connectivity index (χ1n) is 7.19. The van der Waals surface area contributed by atoms with Crippen LogP contribution >= 0.6 is 0 Å². The highest BCUT2D eigenvalue weighted by Gasteiger charge is 2.24. The van der Waals surface area contributed by atoms with Crippen LogP contribution in [0, 0.1) is 12.8 Å². The third-order valence-corrected chi connectivity index (χ3v) is 4.26. The van der Waals surface area contributed by atoms with Gasteiger partial charge in [-0.25, -0.2) is 4.79 Å². The number of nitrogens with one attached hydrogen (secondary N) is 1. The largest absolute Gasteiger partial charge is 0.478 e. The van der Waals surface area contributed by atoms with Crippen molar-refractivity contribution in [1.82, 2.24) is 4.98 Å². The van der Waals surface area contributed by atoms with Crippen molar-refractivity contribution in [2.24, 2.45) is 5.92 Å². The summed E-state index contributed by atoms with van der Waals surface area (Å²) in [5, 5.41) is 10.3. The minimum Gasteiger partial charge on any atom is -0.478 e. The van der Waals surface area contributed by atoms with E-state index in [4.69, 9.17) is 0 Å². The molecule has 2 aromatic rings. The monoisotopic (exact) mass is 269 g/mol. The molecular weight excluding hydrogens is 250 g/mol. The third kappa shape index (κ3) is 2.24. The molecule has 0 radical (unpaired) electrons. The summed E-state index contributed by atoms with van der Waals surface area (Å²) in [4.78, 5) is 14.6. The van der Waals surface area contributed by atoms with E-state index >= 15 is 0 Å². The molecule has 0 unspecified atom stereocenters. The standard InChI is InChI=1S/C17H19NO2/c1-11-17(13-8-4-5-9-15(13)18-11)14(10-16(19)20)12-6-2-3-7-12/h4-5,8-10,12,18H,2-3,6-7H2,1H3,(H,19,20)/b14-10+. The van der Waals surface area contributed by atoms with Gasteiger partial charge in [-0.1, -0.05) is 31.0 Å². The molecule has 3 heteroatoms. The molecule has 0 atom stereocenters. The zero-order chi connectivity index (χ0) is 14.1. The van der Waals surface area contributed by atoms with Crippen molar-refractivity contribution >= 4 is 22.4 Å². The van der Waals surface area contributed by atoms with E-state index in [1.165, 1.54) is 18.9 Å². The number of hydrogen-bond acceptors (Lipinski definition) is 1. The van der Waals surface area contributed by atoms with Crippen molar-refractivity contribution in [3.8, 4) is 0 Å². The van der Waals surface area contributed by atoms with Crippen molar-refractivity contribution in [3.05, 3.63) is 41.6 Å². The number of carboxylic acids is 1. The Balaban J connectivity index is 2.18. The van der Waals surface area contributed by atoms with Gasteiger partial charge in [0.2, 0.25) is 0 Å². The van der Waals surface area contributed by atoms with Crippen LogP contribution < -0.4 is 0 Å². The first kappa shape index (κ1) is 13.0. The molecule has 1 fully saturated rings. The van der Waals surface area contributed by atoms with Crippen LogP contribution in [0.5, 0.6) is 0 Å². The van der Waals surface area contributed by atoms with E-state index in [-0.39, 0.29) is 0 Å². The molecule has 1 aromatic heterocycles. The minimum atomic E-state index is -0.850. The second kappa shape index (κ2) is 5.16.